The highest BCUT2D eigenvalue weighted by Gasteiger charge is 2.29. The maximum Gasteiger partial charge on any atom is 0.419 e. The molecule has 0 aliphatic rings. The van der Waals surface area contributed by atoms with Crippen LogP contribution in [0.25, 0.3) is 11.3 Å². The zero-order chi connectivity index (χ0) is 25.7. The first kappa shape index (κ1) is 25.0. The van der Waals surface area contributed by atoms with E-state index in [1.807, 2.05) is 48.5 Å². The molecular weight excluding hydrogens is 480 g/mol. The molecule has 1 N–H and O–H groups in total. The van der Waals surface area contributed by atoms with Gasteiger partial charge in [0.1, 0.15) is 11.4 Å². The highest BCUT2D eigenvalue weighted by molar-refractivity contribution is 6.34. The van der Waals surface area contributed by atoms with Crippen LogP contribution in [0.3, 0.4) is 0 Å². The number of carbonyl (C=O) groups excluding carboxylic acids is 1. The predicted molar refractivity (Wildman–Crippen MR) is 138 cm³/mol. The van der Waals surface area contributed by atoms with Gasteiger partial charge in [0.25, 0.3) is 0 Å². The number of amides is 1. The molecule has 1 amide bonds. The van der Waals surface area contributed by atoms with Crippen LogP contribution in [0.1, 0.15) is 29.4 Å². The Morgan fingerprint density at radius 1 is 1.00 bits per heavy atom. The average Bonchev–Trinajstić information content (AvgIpc) is 3.22. The van der Waals surface area contributed by atoms with Crippen molar-refractivity contribution < 1.29 is 24.0 Å². The quantitative estimate of drug-likeness (QED) is 0.283. The third-order valence-electron chi connectivity index (χ3n) is 5.58. The van der Waals surface area contributed by atoms with Crippen LogP contribution in [0.2, 0.25) is 5.02 Å². The number of halogens is 1. The first-order valence-corrected chi connectivity index (χ1v) is 11.8. The number of benzene rings is 3. The van der Waals surface area contributed by atoms with E-state index in [4.69, 9.17) is 26.0 Å². The number of anilines is 2. The van der Waals surface area contributed by atoms with Crippen molar-refractivity contribution in [3.8, 4) is 11.3 Å². The molecule has 0 bridgehead atoms. The molecule has 36 heavy (non-hydrogen) atoms. The van der Waals surface area contributed by atoms with E-state index in [0.29, 0.717) is 34.3 Å². The summed E-state index contributed by atoms with van der Waals surface area (Å²) in [5, 5.41) is 13.7. The molecule has 3 aromatic carbocycles. The van der Waals surface area contributed by atoms with E-state index < -0.39 is 12.1 Å². The molecule has 7 nitrogen and oxygen atoms in total. The number of hydrogen-bond acceptors (Lipinski definition) is 5. The number of ether oxygens (including phenoxy) is 1. The second kappa shape index (κ2) is 11.1. The Bertz CT molecular complexity index is 1380. The average molecular weight is 505 g/mol. The number of aliphatic carboxylic acids is 1. The van der Waals surface area contributed by atoms with E-state index in [1.165, 1.54) is 4.90 Å². The first-order chi connectivity index (χ1) is 17.4. The van der Waals surface area contributed by atoms with Gasteiger partial charge in [0, 0.05) is 5.56 Å². The number of aryl methyl sites for hydroxylation is 1. The molecule has 0 atom stereocenters. The summed E-state index contributed by atoms with van der Waals surface area (Å²) in [7, 11) is 0. The zero-order valence-corrected chi connectivity index (χ0v) is 20.7. The van der Waals surface area contributed by atoms with E-state index >= 15 is 0 Å². The van der Waals surface area contributed by atoms with Crippen LogP contribution in [0.5, 0.6) is 0 Å². The van der Waals surface area contributed by atoms with E-state index in [1.54, 1.807) is 38.1 Å². The van der Waals surface area contributed by atoms with Crippen LogP contribution >= 0.6 is 11.6 Å². The molecule has 8 heteroatoms. The number of aromatic nitrogens is 1. The van der Waals surface area contributed by atoms with E-state index in [-0.39, 0.29) is 13.0 Å². The van der Waals surface area contributed by atoms with Crippen LogP contribution in [-0.2, 0) is 22.4 Å². The summed E-state index contributed by atoms with van der Waals surface area (Å²) < 4.78 is 10.8. The van der Waals surface area contributed by atoms with Crippen LogP contribution < -0.4 is 4.90 Å². The maximum absolute atomic E-state index is 13.0. The molecule has 0 saturated carbocycles. The van der Waals surface area contributed by atoms with Crippen molar-refractivity contribution in [1.29, 1.82) is 0 Å². The van der Waals surface area contributed by atoms with Gasteiger partial charge in [-0.3, -0.25) is 4.79 Å². The third-order valence-corrected chi connectivity index (χ3v) is 5.90. The molecular formula is C28H25ClN2O5. The number of carboxylic acid groups (broad SMARTS) is 1. The van der Waals surface area contributed by atoms with Crippen molar-refractivity contribution >= 4 is 35.0 Å². The minimum absolute atomic E-state index is 0.0105. The topological polar surface area (TPSA) is 92.9 Å². The monoisotopic (exact) mass is 504 g/mol. The highest BCUT2D eigenvalue weighted by atomic mass is 35.5. The lowest BCUT2D eigenvalue weighted by Gasteiger charge is -2.23. The molecule has 1 heterocycles. The summed E-state index contributed by atoms with van der Waals surface area (Å²) in [6.07, 6.45) is 0.0484. The maximum atomic E-state index is 13.0. The SMILES string of the molecule is CCOC(=O)N(c1ccccc1Cl)c1c(-c2ccc(Cc3cccc(CC(=O)O)c3)cc2)noc1C. The van der Waals surface area contributed by atoms with Gasteiger partial charge in [-0.1, -0.05) is 77.4 Å². The summed E-state index contributed by atoms with van der Waals surface area (Å²) in [5.74, 6) is -0.416. The molecule has 0 unspecified atom stereocenters. The molecule has 0 spiro atoms. The molecule has 4 aromatic rings. The molecule has 0 aliphatic heterocycles. The van der Waals surface area contributed by atoms with Gasteiger partial charge < -0.3 is 14.4 Å². The molecule has 4 rings (SSSR count). The zero-order valence-electron chi connectivity index (χ0n) is 19.9. The van der Waals surface area contributed by atoms with Crippen molar-refractivity contribution in [1.82, 2.24) is 5.16 Å². The summed E-state index contributed by atoms with van der Waals surface area (Å²) in [6.45, 7) is 3.66. The van der Waals surface area contributed by atoms with Gasteiger partial charge in [0.15, 0.2) is 5.76 Å². The summed E-state index contributed by atoms with van der Waals surface area (Å²) >= 11 is 6.43. The number of carboxylic acids is 1. The molecule has 1 aromatic heterocycles. The minimum atomic E-state index is -0.858. The van der Waals surface area contributed by atoms with Crippen molar-refractivity contribution in [3.05, 3.63) is 100 Å². The number of carbonyl (C=O) groups is 2. The molecule has 0 fully saturated rings. The fourth-order valence-corrected chi connectivity index (χ4v) is 4.21. The number of para-hydroxylation sites is 1. The fourth-order valence-electron chi connectivity index (χ4n) is 3.99. The van der Waals surface area contributed by atoms with Crippen LogP contribution in [-0.4, -0.2) is 28.9 Å². The minimum Gasteiger partial charge on any atom is -0.481 e. The fraction of sp³-hybridized carbons (Fsp3) is 0.179. The Morgan fingerprint density at radius 3 is 2.42 bits per heavy atom. The third kappa shape index (κ3) is 5.58. The van der Waals surface area contributed by atoms with Crippen molar-refractivity contribution in [2.45, 2.75) is 26.7 Å². The lowest BCUT2D eigenvalue weighted by Crippen LogP contribution is -2.27. The van der Waals surface area contributed by atoms with E-state index in [2.05, 4.69) is 5.16 Å². The summed E-state index contributed by atoms with van der Waals surface area (Å²) in [4.78, 5) is 25.4. The van der Waals surface area contributed by atoms with Crippen LogP contribution in [0.4, 0.5) is 16.2 Å². The van der Waals surface area contributed by atoms with Gasteiger partial charge in [-0.05, 0) is 49.1 Å². The lowest BCUT2D eigenvalue weighted by molar-refractivity contribution is -0.136. The Balaban J connectivity index is 1.66. The van der Waals surface area contributed by atoms with Crippen LogP contribution in [0, 0.1) is 6.92 Å². The van der Waals surface area contributed by atoms with Crippen molar-refractivity contribution in [2.24, 2.45) is 0 Å². The Morgan fingerprint density at radius 2 is 1.72 bits per heavy atom. The van der Waals surface area contributed by atoms with Gasteiger partial charge in [-0.2, -0.15) is 0 Å². The van der Waals surface area contributed by atoms with Crippen molar-refractivity contribution in [3.63, 3.8) is 0 Å². The van der Waals surface area contributed by atoms with Gasteiger partial charge in [-0.25, -0.2) is 9.69 Å². The van der Waals surface area contributed by atoms with Gasteiger partial charge in [-0.15, -0.1) is 0 Å². The van der Waals surface area contributed by atoms with Gasteiger partial charge >= 0.3 is 12.1 Å². The number of nitrogens with zero attached hydrogens (tertiary/aromatic N) is 2. The Kier molecular flexibility index (Phi) is 7.71. The number of hydrogen-bond donors (Lipinski definition) is 1. The lowest BCUT2D eigenvalue weighted by atomic mass is 10.00. The largest absolute Gasteiger partial charge is 0.481 e. The second-order valence-electron chi connectivity index (χ2n) is 8.19. The predicted octanol–water partition coefficient (Wildman–Crippen LogP) is 6.82. The Hall–Kier alpha value is -4.10. The van der Waals surface area contributed by atoms with Crippen LogP contribution in [0.15, 0.2) is 77.3 Å². The Labute approximate surface area is 213 Å². The van der Waals surface area contributed by atoms with Crippen molar-refractivity contribution in [2.75, 3.05) is 11.5 Å². The molecule has 0 saturated heterocycles. The first-order valence-electron chi connectivity index (χ1n) is 11.4. The summed E-state index contributed by atoms with van der Waals surface area (Å²) in [5.41, 5.74) is 4.98. The molecule has 184 valence electrons. The smallest absolute Gasteiger partial charge is 0.419 e. The standard InChI is InChI=1S/C28H25ClN2O5/c1-3-35-28(34)31(24-10-5-4-9-23(24)29)27-18(2)36-30-26(27)22-13-11-19(12-14-22)15-20-7-6-8-21(16-20)17-25(32)33/h4-14,16H,3,15,17H2,1-2H3,(H,32,33). The second-order valence-corrected chi connectivity index (χ2v) is 8.59. The normalized spacial score (nSPS) is 10.8. The highest BCUT2D eigenvalue weighted by Crippen LogP contribution is 2.40. The summed E-state index contributed by atoms with van der Waals surface area (Å²) in [6, 6.07) is 22.3. The molecule has 0 aliphatic carbocycles. The van der Waals surface area contributed by atoms with E-state index in [0.717, 1.165) is 22.3 Å². The molecule has 0 radical (unpaired) electrons. The number of rotatable bonds is 8. The van der Waals surface area contributed by atoms with E-state index in [9.17, 15) is 9.59 Å². The van der Waals surface area contributed by atoms with Gasteiger partial charge in [0.2, 0.25) is 0 Å². The van der Waals surface area contributed by atoms with Gasteiger partial charge in [0.05, 0.1) is 23.7 Å².